The number of carbonyl (C=O) groups excluding carboxylic acids is 1. The van der Waals surface area contributed by atoms with Crippen LogP contribution in [-0.2, 0) is 22.3 Å². The van der Waals surface area contributed by atoms with Gasteiger partial charge in [0, 0.05) is 27.3 Å². The smallest absolute Gasteiger partial charge is 0.200 e. The molecule has 27 heavy (non-hydrogen) atoms. The van der Waals surface area contributed by atoms with Crippen LogP contribution in [0.2, 0.25) is 0 Å². The predicted molar refractivity (Wildman–Crippen MR) is 104 cm³/mol. The number of ether oxygens (including phenoxy) is 2. The molecule has 0 unspecified atom stereocenters. The van der Waals surface area contributed by atoms with Crippen LogP contribution in [0, 0.1) is 0 Å². The second-order valence-electron chi connectivity index (χ2n) is 6.47. The van der Waals surface area contributed by atoms with Crippen LogP contribution in [0.25, 0.3) is 0 Å². The number of nitrogens with one attached hydrogen (secondary N) is 2. The van der Waals surface area contributed by atoms with Gasteiger partial charge in [0.05, 0.1) is 5.69 Å². The Morgan fingerprint density at radius 2 is 1.52 bits per heavy atom. The van der Waals surface area contributed by atoms with Crippen LogP contribution >= 0.6 is 0 Å². The SMILES string of the molecule is COC(OC)c1ccc2c(n1)NCCC2.O=Cc1ccc2c(n1)NCCC2. The monoisotopic (exact) mass is 370 g/mol. The van der Waals surface area contributed by atoms with Gasteiger partial charge in [-0.15, -0.1) is 0 Å². The Bertz CT molecular complexity index is 778. The zero-order valence-corrected chi connectivity index (χ0v) is 15.8. The Morgan fingerprint density at radius 3 is 2.11 bits per heavy atom. The third-order valence-corrected chi connectivity index (χ3v) is 4.62. The first-order chi connectivity index (χ1) is 13.2. The highest BCUT2D eigenvalue weighted by atomic mass is 16.7. The summed E-state index contributed by atoms with van der Waals surface area (Å²) in [5, 5.41) is 6.45. The molecule has 0 bridgehead atoms. The number of anilines is 2. The van der Waals surface area contributed by atoms with E-state index in [2.05, 4.69) is 26.7 Å². The maximum Gasteiger partial charge on any atom is 0.200 e. The van der Waals surface area contributed by atoms with Crippen LogP contribution in [0.15, 0.2) is 24.3 Å². The molecule has 7 nitrogen and oxygen atoms in total. The van der Waals surface area contributed by atoms with Crippen molar-refractivity contribution in [2.24, 2.45) is 0 Å². The summed E-state index contributed by atoms with van der Waals surface area (Å²) in [5.41, 5.74) is 3.80. The fourth-order valence-corrected chi connectivity index (χ4v) is 3.22. The molecule has 0 spiro atoms. The summed E-state index contributed by atoms with van der Waals surface area (Å²) < 4.78 is 10.3. The molecular weight excluding hydrogens is 344 g/mol. The van der Waals surface area contributed by atoms with E-state index < -0.39 is 0 Å². The predicted octanol–water partition coefficient (Wildman–Crippen LogP) is 2.98. The van der Waals surface area contributed by atoms with E-state index in [0.717, 1.165) is 56.0 Å². The number of aromatic nitrogens is 2. The van der Waals surface area contributed by atoms with Crippen LogP contribution in [0.3, 0.4) is 0 Å². The third kappa shape index (κ3) is 4.81. The molecule has 4 rings (SSSR count). The van der Waals surface area contributed by atoms with E-state index in [1.54, 1.807) is 20.3 Å². The molecule has 4 heterocycles. The molecule has 0 aliphatic carbocycles. The van der Waals surface area contributed by atoms with Crippen LogP contribution in [0.5, 0.6) is 0 Å². The van der Waals surface area contributed by atoms with Gasteiger partial charge >= 0.3 is 0 Å². The number of hydrogen-bond donors (Lipinski definition) is 2. The molecule has 2 aromatic rings. The second kappa shape index (κ2) is 9.43. The van der Waals surface area contributed by atoms with Crippen LogP contribution in [-0.4, -0.2) is 43.6 Å². The van der Waals surface area contributed by atoms with Gasteiger partial charge in [0.1, 0.15) is 17.3 Å². The molecule has 2 aromatic heterocycles. The topological polar surface area (TPSA) is 85.4 Å². The molecular formula is C20H26N4O3. The van der Waals surface area contributed by atoms with Crippen molar-refractivity contribution in [1.29, 1.82) is 0 Å². The summed E-state index contributed by atoms with van der Waals surface area (Å²) in [6.07, 6.45) is 4.88. The third-order valence-electron chi connectivity index (χ3n) is 4.62. The highest BCUT2D eigenvalue weighted by Crippen LogP contribution is 2.23. The first-order valence-electron chi connectivity index (χ1n) is 9.23. The minimum absolute atomic E-state index is 0.376. The quantitative estimate of drug-likeness (QED) is 0.632. The summed E-state index contributed by atoms with van der Waals surface area (Å²) in [5.74, 6) is 1.85. The van der Waals surface area contributed by atoms with Gasteiger partial charge in [-0.25, -0.2) is 9.97 Å². The highest BCUT2D eigenvalue weighted by Gasteiger charge is 2.15. The molecule has 0 atom stereocenters. The summed E-state index contributed by atoms with van der Waals surface area (Å²) >= 11 is 0. The lowest BCUT2D eigenvalue weighted by Gasteiger charge is -2.19. The minimum atomic E-state index is -0.376. The molecule has 0 aromatic carbocycles. The van der Waals surface area contributed by atoms with Gasteiger partial charge in [-0.1, -0.05) is 12.1 Å². The minimum Gasteiger partial charge on any atom is -0.370 e. The molecule has 0 fully saturated rings. The van der Waals surface area contributed by atoms with E-state index in [1.807, 2.05) is 12.1 Å². The Labute approximate surface area is 159 Å². The largest absolute Gasteiger partial charge is 0.370 e. The number of carbonyl (C=O) groups is 1. The lowest BCUT2D eigenvalue weighted by Crippen LogP contribution is -2.15. The van der Waals surface area contributed by atoms with Gasteiger partial charge in [-0.05, 0) is 48.9 Å². The zero-order valence-electron chi connectivity index (χ0n) is 15.8. The summed E-state index contributed by atoms with van der Waals surface area (Å²) in [6, 6.07) is 7.79. The van der Waals surface area contributed by atoms with Gasteiger partial charge in [0.2, 0.25) is 6.29 Å². The molecule has 144 valence electrons. The lowest BCUT2D eigenvalue weighted by atomic mass is 10.1. The molecule has 2 N–H and O–H groups in total. The molecule has 0 saturated carbocycles. The molecule has 2 aliphatic rings. The van der Waals surface area contributed by atoms with Gasteiger partial charge in [-0.2, -0.15) is 0 Å². The fraction of sp³-hybridized carbons (Fsp3) is 0.450. The summed E-state index contributed by atoms with van der Waals surface area (Å²) in [4.78, 5) is 19.0. The van der Waals surface area contributed by atoms with Gasteiger partial charge in [0.25, 0.3) is 0 Å². The molecule has 0 saturated heterocycles. The van der Waals surface area contributed by atoms with Crippen LogP contribution in [0.4, 0.5) is 11.6 Å². The van der Waals surface area contributed by atoms with Crippen molar-refractivity contribution in [3.8, 4) is 0 Å². The number of aldehydes is 1. The molecule has 0 radical (unpaired) electrons. The van der Waals surface area contributed by atoms with E-state index >= 15 is 0 Å². The van der Waals surface area contributed by atoms with Crippen molar-refractivity contribution in [3.63, 3.8) is 0 Å². The molecule has 2 aliphatic heterocycles. The van der Waals surface area contributed by atoms with Crippen molar-refractivity contribution in [2.45, 2.75) is 32.0 Å². The average molecular weight is 370 g/mol. The van der Waals surface area contributed by atoms with Crippen LogP contribution < -0.4 is 10.6 Å². The number of pyridine rings is 2. The average Bonchev–Trinajstić information content (AvgIpc) is 2.74. The number of aryl methyl sites for hydroxylation is 2. The van der Waals surface area contributed by atoms with Crippen molar-refractivity contribution < 1.29 is 14.3 Å². The Kier molecular flexibility index (Phi) is 6.73. The fourth-order valence-electron chi connectivity index (χ4n) is 3.22. The van der Waals surface area contributed by atoms with Gasteiger partial charge in [-0.3, -0.25) is 4.79 Å². The second-order valence-corrected chi connectivity index (χ2v) is 6.47. The summed E-state index contributed by atoms with van der Waals surface area (Å²) in [6.45, 7) is 1.95. The standard InChI is InChI=1S/C11H16N2O2.C9H10N2O/c1-14-11(15-2)9-6-5-8-4-3-7-12-10(8)13-9;12-6-8-4-3-7-2-1-5-10-9(7)11-8/h5-6,11H,3-4,7H2,1-2H3,(H,12,13);3-4,6H,1-2,5H2,(H,10,11). The van der Waals surface area contributed by atoms with E-state index in [0.29, 0.717) is 5.69 Å². The first kappa shape index (κ1) is 19.3. The number of nitrogens with zero attached hydrogens (tertiary/aromatic N) is 2. The highest BCUT2D eigenvalue weighted by molar-refractivity contribution is 5.73. The normalized spacial score (nSPS) is 14.8. The van der Waals surface area contributed by atoms with Gasteiger partial charge in [0.15, 0.2) is 6.29 Å². The number of methoxy groups -OCH3 is 2. The van der Waals surface area contributed by atoms with E-state index in [-0.39, 0.29) is 6.29 Å². The van der Waals surface area contributed by atoms with E-state index in [1.165, 1.54) is 17.5 Å². The molecule has 0 amide bonds. The van der Waals surface area contributed by atoms with E-state index in [4.69, 9.17) is 9.47 Å². The first-order valence-corrected chi connectivity index (χ1v) is 9.23. The van der Waals surface area contributed by atoms with E-state index in [9.17, 15) is 4.79 Å². The van der Waals surface area contributed by atoms with Crippen molar-refractivity contribution in [2.75, 3.05) is 37.9 Å². The Balaban J connectivity index is 0.000000159. The lowest BCUT2D eigenvalue weighted by molar-refractivity contribution is -0.108. The number of rotatable bonds is 4. The van der Waals surface area contributed by atoms with Gasteiger partial charge < -0.3 is 20.1 Å². The number of hydrogen-bond acceptors (Lipinski definition) is 7. The maximum absolute atomic E-state index is 10.4. The number of fused-ring (bicyclic) bond motifs is 2. The van der Waals surface area contributed by atoms with Crippen molar-refractivity contribution in [1.82, 2.24) is 9.97 Å². The summed E-state index contributed by atoms with van der Waals surface area (Å²) in [7, 11) is 3.23. The Morgan fingerprint density at radius 1 is 0.926 bits per heavy atom. The molecule has 7 heteroatoms. The van der Waals surface area contributed by atoms with Crippen molar-refractivity contribution in [3.05, 3.63) is 46.8 Å². The zero-order chi connectivity index (χ0) is 19.1. The van der Waals surface area contributed by atoms with Crippen molar-refractivity contribution >= 4 is 17.9 Å². The Hall–Kier alpha value is -2.51. The maximum atomic E-state index is 10.4. The van der Waals surface area contributed by atoms with Crippen LogP contribution in [0.1, 0.15) is 46.4 Å².